The molecule has 1 aliphatic rings. The number of hydrogen-bond donors (Lipinski definition) is 0. The van der Waals surface area contributed by atoms with Crippen molar-refractivity contribution in [3.63, 3.8) is 0 Å². The first-order valence-electron chi connectivity index (χ1n) is 10.4. The third-order valence-electron chi connectivity index (χ3n) is 5.44. The monoisotopic (exact) mass is 406 g/mol. The molecule has 2 aromatic carbocycles. The van der Waals surface area contributed by atoms with E-state index in [2.05, 4.69) is 6.07 Å². The van der Waals surface area contributed by atoms with E-state index in [1.54, 1.807) is 7.11 Å². The molecule has 5 nitrogen and oxygen atoms in total. The van der Waals surface area contributed by atoms with Crippen LogP contribution in [0.3, 0.4) is 0 Å². The first kappa shape index (κ1) is 21.8. The molecule has 30 heavy (non-hydrogen) atoms. The van der Waals surface area contributed by atoms with Crippen LogP contribution < -0.4 is 0 Å². The molecule has 0 bridgehead atoms. The standard InChI is InChI=1S/C25H30N2O3/c1-5-26(17-20-10-7-6-8-11-20)23-22(21-13-12-18(2)16-19(21)3)24(28)27(25(23)29)14-9-15-30-4/h6-8,10-13,16H,5,9,14-15,17H2,1-4H3. The van der Waals surface area contributed by atoms with Gasteiger partial charge in [-0.2, -0.15) is 0 Å². The van der Waals surface area contributed by atoms with Crippen LogP contribution in [0, 0.1) is 13.8 Å². The zero-order valence-corrected chi connectivity index (χ0v) is 18.3. The number of rotatable bonds is 9. The molecule has 158 valence electrons. The highest BCUT2D eigenvalue weighted by Crippen LogP contribution is 2.34. The first-order valence-corrected chi connectivity index (χ1v) is 10.4. The predicted octanol–water partition coefficient (Wildman–Crippen LogP) is 3.94. The Bertz CT molecular complexity index is 950. The molecule has 1 aliphatic heterocycles. The molecule has 0 aliphatic carbocycles. The number of ether oxygens (including phenoxy) is 1. The van der Waals surface area contributed by atoms with Gasteiger partial charge in [0.1, 0.15) is 5.70 Å². The van der Waals surface area contributed by atoms with Crippen LogP contribution in [0.2, 0.25) is 0 Å². The highest BCUT2D eigenvalue weighted by Gasteiger charge is 2.41. The van der Waals surface area contributed by atoms with Crippen molar-refractivity contribution in [2.75, 3.05) is 26.8 Å². The highest BCUT2D eigenvalue weighted by atomic mass is 16.5. The third-order valence-corrected chi connectivity index (χ3v) is 5.44. The van der Waals surface area contributed by atoms with Gasteiger partial charge in [-0.25, -0.2) is 0 Å². The van der Waals surface area contributed by atoms with Crippen molar-refractivity contribution < 1.29 is 14.3 Å². The molecule has 0 unspecified atom stereocenters. The fourth-order valence-electron chi connectivity index (χ4n) is 3.92. The summed E-state index contributed by atoms with van der Waals surface area (Å²) in [7, 11) is 1.62. The van der Waals surface area contributed by atoms with Crippen LogP contribution in [0.4, 0.5) is 0 Å². The van der Waals surface area contributed by atoms with E-state index in [1.807, 2.05) is 68.1 Å². The fraction of sp³-hybridized carbons (Fsp3) is 0.360. The number of carbonyl (C=O) groups is 2. The molecule has 2 aromatic rings. The summed E-state index contributed by atoms with van der Waals surface area (Å²) >= 11 is 0. The van der Waals surface area contributed by atoms with E-state index in [1.165, 1.54) is 4.90 Å². The number of benzene rings is 2. The minimum absolute atomic E-state index is 0.218. The zero-order valence-electron chi connectivity index (χ0n) is 18.3. The van der Waals surface area contributed by atoms with Crippen LogP contribution in [0.15, 0.2) is 54.2 Å². The topological polar surface area (TPSA) is 49.9 Å². The van der Waals surface area contributed by atoms with Crippen molar-refractivity contribution in [1.82, 2.24) is 9.80 Å². The number of nitrogens with zero attached hydrogens (tertiary/aromatic N) is 2. The lowest BCUT2D eigenvalue weighted by molar-refractivity contribution is -0.137. The minimum atomic E-state index is -0.219. The quantitative estimate of drug-likeness (QED) is 0.468. The molecule has 0 N–H and O–H groups in total. The Hall–Kier alpha value is -2.92. The molecule has 5 heteroatoms. The van der Waals surface area contributed by atoms with E-state index in [9.17, 15) is 9.59 Å². The Balaban J connectivity index is 2.06. The smallest absolute Gasteiger partial charge is 0.277 e. The van der Waals surface area contributed by atoms with Crippen molar-refractivity contribution in [2.45, 2.75) is 33.7 Å². The molecule has 0 radical (unpaired) electrons. The molecule has 0 saturated carbocycles. The molecule has 0 fully saturated rings. The van der Waals surface area contributed by atoms with Gasteiger partial charge < -0.3 is 9.64 Å². The number of carbonyl (C=O) groups excluding carboxylic acids is 2. The lowest BCUT2D eigenvalue weighted by atomic mass is 9.97. The number of likely N-dealkylation sites (N-methyl/N-ethyl adjacent to an activating group) is 1. The van der Waals surface area contributed by atoms with Crippen molar-refractivity contribution in [2.24, 2.45) is 0 Å². The van der Waals surface area contributed by atoms with E-state index in [4.69, 9.17) is 4.74 Å². The number of imide groups is 1. The van der Waals surface area contributed by atoms with Crippen LogP contribution in [0.5, 0.6) is 0 Å². The van der Waals surface area contributed by atoms with Gasteiger partial charge in [-0.1, -0.05) is 54.1 Å². The molecule has 0 spiro atoms. The second kappa shape index (κ2) is 9.72. The SMILES string of the molecule is CCN(Cc1ccccc1)C1=C(c2ccc(C)cc2C)C(=O)N(CCCOC)C1=O. The summed E-state index contributed by atoms with van der Waals surface area (Å²) in [6.07, 6.45) is 0.617. The van der Waals surface area contributed by atoms with E-state index in [-0.39, 0.29) is 11.8 Å². The lowest BCUT2D eigenvalue weighted by Crippen LogP contribution is -2.36. The van der Waals surface area contributed by atoms with E-state index < -0.39 is 0 Å². The van der Waals surface area contributed by atoms with Gasteiger partial charge in [-0.3, -0.25) is 14.5 Å². The highest BCUT2D eigenvalue weighted by molar-refractivity contribution is 6.35. The van der Waals surface area contributed by atoms with Crippen molar-refractivity contribution >= 4 is 17.4 Å². The fourth-order valence-corrected chi connectivity index (χ4v) is 3.92. The van der Waals surface area contributed by atoms with Gasteiger partial charge in [0.05, 0.1) is 5.57 Å². The van der Waals surface area contributed by atoms with E-state index in [0.717, 1.165) is 22.3 Å². The number of hydrogen-bond acceptors (Lipinski definition) is 4. The maximum Gasteiger partial charge on any atom is 0.277 e. The molecule has 0 saturated heterocycles. The molecular weight excluding hydrogens is 376 g/mol. The summed E-state index contributed by atoms with van der Waals surface area (Å²) in [5.41, 5.74) is 5.06. The Labute approximate surface area is 178 Å². The normalized spacial score (nSPS) is 14.1. The molecular formula is C25H30N2O3. The summed E-state index contributed by atoms with van der Waals surface area (Å²) in [5.74, 6) is -0.437. The Morgan fingerprint density at radius 2 is 1.73 bits per heavy atom. The van der Waals surface area contributed by atoms with Gasteiger partial charge in [0.15, 0.2) is 0 Å². The molecule has 3 rings (SSSR count). The van der Waals surface area contributed by atoms with Crippen LogP contribution >= 0.6 is 0 Å². The predicted molar refractivity (Wildman–Crippen MR) is 119 cm³/mol. The molecule has 0 atom stereocenters. The summed E-state index contributed by atoms with van der Waals surface area (Å²) in [6, 6.07) is 16.0. The second-order valence-electron chi connectivity index (χ2n) is 7.65. The van der Waals surface area contributed by atoms with Crippen LogP contribution in [0.1, 0.15) is 35.6 Å². The first-order chi connectivity index (χ1) is 14.5. The number of amides is 2. The van der Waals surface area contributed by atoms with Gasteiger partial charge in [-0.15, -0.1) is 0 Å². The van der Waals surface area contributed by atoms with Crippen LogP contribution in [-0.4, -0.2) is 48.4 Å². The van der Waals surface area contributed by atoms with Gasteiger partial charge >= 0.3 is 0 Å². The Morgan fingerprint density at radius 3 is 2.37 bits per heavy atom. The maximum absolute atomic E-state index is 13.4. The van der Waals surface area contributed by atoms with Gasteiger partial charge in [0.2, 0.25) is 0 Å². The van der Waals surface area contributed by atoms with Gasteiger partial charge in [0, 0.05) is 33.4 Å². The maximum atomic E-state index is 13.4. The van der Waals surface area contributed by atoms with Crippen molar-refractivity contribution in [3.05, 3.63) is 76.5 Å². The second-order valence-corrected chi connectivity index (χ2v) is 7.65. The number of methoxy groups -OCH3 is 1. The van der Waals surface area contributed by atoms with Gasteiger partial charge in [-0.05, 0) is 43.9 Å². The molecule has 1 heterocycles. The third kappa shape index (κ3) is 4.46. The average Bonchev–Trinajstić information content (AvgIpc) is 2.97. The lowest BCUT2D eigenvalue weighted by Gasteiger charge is -2.25. The minimum Gasteiger partial charge on any atom is -0.385 e. The van der Waals surface area contributed by atoms with Crippen LogP contribution in [-0.2, 0) is 20.9 Å². The zero-order chi connectivity index (χ0) is 21.7. The van der Waals surface area contributed by atoms with Gasteiger partial charge in [0.25, 0.3) is 11.8 Å². The summed E-state index contributed by atoms with van der Waals surface area (Å²) in [5, 5.41) is 0. The number of aryl methyl sites for hydroxylation is 2. The Kier molecular flexibility index (Phi) is 7.06. The molecule has 2 amide bonds. The van der Waals surface area contributed by atoms with Crippen LogP contribution in [0.25, 0.3) is 5.57 Å². The largest absolute Gasteiger partial charge is 0.385 e. The Morgan fingerprint density at radius 1 is 1.00 bits per heavy atom. The van der Waals surface area contributed by atoms with E-state index in [0.29, 0.717) is 43.9 Å². The summed E-state index contributed by atoms with van der Waals surface area (Å²) in [6.45, 7) is 8.10. The van der Waals surface area contributed by atoms with Crippen molar-refractivity contribution in [1.29, 1.82) is 0 Å². The summed E-state index contributed by atoms with van der Waals surface area (Å²) in [4.78, 5) is 30.2. The molecule has 0 aromatic heterocycles. The van der Waals surface area contributed by atoms with E-state index >= 15 is 0 Å². The average molecular weight is 407 g/mol. The van der Waals surface area contributed by atoms with Crippen molar-refractivity contribution in [3.8, 4) is 0 Å². The summed E-state index contributed by atoms with van der Waals surface area (Å²) < 4.78 is 5.12.